The standard InChI is InChI=1S/C18H36N4O4S.HI/c1-3-19-18(20-10-6-11-21-27(2,23)24)22-12-8-16(9-13-22)26-15-17-7-4-5-14-25-17;/h16-17,21H,3-15H2,1-2H3,(H,19,20);1H. The quantitative estimate of drug-likeness (QED) is 0.203. The van der Waals surface area contributed by atoms with Crippen LogP contribution in [0.5, 0.6) is 0 Å². The number of rotatable bonds is 9. The van der Waals surface area contributed by atoms with Gasteiger partial charge in [0.2, 0.25) is 10.0 Å². The van der Waals surface area contributed by atoms with Crippen LogP contribution in [0.15, 0.2) is 4.99 Å². The normalized spacial score (nSPS) is 22.0. The van der Waals surface area contributed by atoms with Crippen molar-refractivity contribution in [1.29, 1.82) is 0 Å². The number of nitrogens with zero attached hydrogens (tertiary/aromatic N) is 2. The first kappa shape index (κ1) is 25.9. The van der Waals surface area contributed by atoms with E-state index in [1.54, 1.807) is 0 Å². The summed E-state index contributed by atoms with van der Waals surface area (Å²) in [6.45, 7) is 7.31. The summed E-state index contributed by atoms with van der Waals surface area (Å²) in [5, 5.41) is 3.33. The smallest absolute Gasteiger partial charge is 0.208 e. The second-order valence-corrected chi connectivity index (χ2v) is 9.10. The zero-order valence-electron chi connectivity index (χ0n) is 17.2. The average Bonchev–Trinajstić information content (AvgIpc) is 2.66. The summed E-state index contributed by atoms with van der Waals surface area (Å²) < 4.78 is 36.5. The number of aliphatic imine (C=N–C) groups is 1. The molecule has 0 aliphatic carbocycles. The van der Waals surface area contributed by atoms with E-state index in [-0.39, 0.29) is 30.1 Å². The molecule has 28 heavy (non-hydrogen) atoms. The van der Waals surface area contributed by atoms with Gasteiger partial charge in [-0.15, -0.1) is 24.0 Å². The SMILES string of the molecule is CCNC(=NCCCNS(C)(=O)=O)N1CCC(OCC2CCCCO2)CC1.I. The molecule has 0 spiro atoms. The third-order valence-electron chi connectivity index (χ3n) is 4.83. The van der Waals surface area contributed by atoms with Crippen LogP contribution in [-0.2, 0) is 19.5 Å². The molecule has 0 bridgehead atoms. The Morgan fingerprint density at radius 1 is 1.25 bits per heavy atom. The van der Waals surface area contributed by atoms with Gasteiger partial charge in [0.25, 0.3) is 0 Å². The van der Waals surface area contributed by atoms with Gasteiger partial charge in [-0.05, 0) is 45.4 Å². The molecule has 2 rings (SSSR count). The van der Waals surface area contributed by atoms with Gasteiger partial charge in [-0.2, -0.15) is 0 Å². The van der Waals surface area contributed by atoms with Crippen LogP contribution in [0.2, 0.25) is 0 Å². The molecular formula is C18H37IN4O4S. The molecular weight excluding hydrogens is 495 g/mol. The first-order chi connectivity index (χ1) is 13.0. The van der Waals surface area contributed by atoms with Gasteiger partial charge in [-0.25, -0.2) is 13.1 Å². The van der Waals surface area contributed by atoms with Gasteiger partial charge in [-0.3, -0.25) is 4.99 Å². The number of halogens is 1. The monoisotopic (exact) mass is 532 g/mol. The van der Waals surface area contributed by atoms with Crippen LogP contribution in [0.4, 0.5) is 0 Å². The van der Waals surface area contributed by atoms with Crippen molar-refractivity contribution in [1.82, 2.24) is 14.9 Å². The Morgan fingerprint density at radius 2 is 2.00 bits per heavy atom. The average molecular weight is 532 g/mol. The molecule has 2 aliphatic heterocycles. The molecule has 2 saturated heterocycles. The minimum absolute atomic E-state index is 0. The third-order valence-corrected chi connectivity index (χ3v) is 5.56. The number of guanidine groups is 1. The highest BCUT2D eigenvalue weighted by Crippen LogP contribution is 2.18. The molecule has 1 unspecified atom stereocenters. The largest absolute Gasteiger partial charge is 0.376 e. The first-order valence-corrected chi connectivity index (χ1v) is 12.1. The Kier molecular flexibility index (Phi) is 12.9. The van der Waals surface area contributed by atoms with E-state index < -0.39 is 10.0 Å². The molecule has 166 valence electrons. The number of hydrogen-bond acceptors (Lipinski definition) is 5. The van der Waals surface area contributed by atoms with E-state index in [0.717, 1.165) is 51.5 Å². The highest BCUT2D eigenvalue weighted by Gasteiger charge is 2.23. The van der Waals surface area contributed by atoms with Crippen molar-refractivity contribution in [2.45, 2.75) is 57.7 Å². The van der Waals surface area contributed by atoms with E-state index in [4.69, 9.17) is 9.47 Å². The maximum Gasteiger partial charge on any atom is 0.208 e. The van der Waals surface area contributed by atoms with Crippen LogP contribution in [-0.4, -0.2) is 83.7 Å². The number of likely N-dealkylation sites (tertiary alicyclic amines) is 1. The van der Waals surface area contributed by atoms with Crippen molar-refractivity contribution in [2.24, 2.45) is 4.99 Å². The third kappa shape index (κ3) is 10.6. The van der Waals surface area contributed by atoms with Gasteiger partial charge in [0, 0.05) is 39.3 Å². The number of hydrogen-bond donors (Lipinski definition) is 2. The van der Waals surface area contributed by atoms with Gasteiger partial charge in [0.1, 0.15) is 0 Å². The Hall–Kier alpha value is -0.170. The fourth-order valence-corrected chi connectivity index (χ4v) is 3.88. The van der Waals surface area contributed by atoms with E-state index >= 15 is 0 Å². The summed E-state index contributed by atoms with van der Waals surface area (Å²) in [6, 6.07) is 0. The molecule has 1 atom stereocenters. The maximum absolute atomic E-state index is 11.1. The van der Waals surface area contributed by atoms with E-state index in [0.29, 0.717) is 32.2 Å². The van der Waals surface area contributed by atoms with Crippen molar-refractivity contribution in [3.8, 4) is 0 Å². The second kappa shape index (κ2) is 13.9. The van der Waals surface area contributed by atoms with Gasteiger partial charge < -0.3 is 19.7 Å². The molecule has 0 aromatic rings. The zero-order valence-corrected chi connectivity index (χ0v) is 20.3. The van der Waals surface area contributed by atoms with Crippen LogP contribution >= 0.6 is 24.0 Å². The first-order valence-electron chi connectivity index (χ1n) is 10.2. The van der Waals surface area contributed by atoms with Gasteiger partial charge in [-0.1, -0.05) is 0 Å². The molecule has 0 aromatic heterocycles. The van der Waals surface area contributed by atoms with Crippen LogP contribution in [0.3, 0.4) is 0 Å². The Morgan fingerprint density at radius 3 is 2.61 bits per heavy atom. The maximum atomic E-state index is 11.1. The van der Waals surface area contributed by atoms with E-state index in [9.17, 15) is 8.42 Å². The molecule has 0 saturated carbocycles. The van der Waals surface area contributed by atoms with E-state index in [1.165, 1.54) is 19.1 Å². The van der Waals surface area contributed by atoms with Crippen LogP contribution in [0.1, 0.15) is 45.4 Å². The minimum atomic E-state index is -3.12. The summed E-state index contributed by atoms with van der Waals surface area (Å²) in [6.07, 6.45) is 7.95. The van der Waals surface area contributed by atoms with Crippen LogP contribution < -0.4 is 10.0 Å². The molecule has 10 heteroatoms. The van der Waals surface area contributed by atoms with Crippen molar-refractivity contribution < 1.29 is 17.9 Å². The van der Waals surface area contributed by atoms with Crippen molar-refractivity contribution in [2.75, 3.05) is 52.2 Å². The Bertz CT molecular complexity index is 548. The van der Waals surface area contributed by atoms with Crippen molar-refractivity contribution in [3.63, 3.8) is 0 Å². The minimum Gasteiger partial charge on any atom is -0.376 e. The lowest BCUT2D eigenvalue weighted by molar-refractivity contribution is -0.0721. The summed E-state index contributed by atoms with van der Waals surface area (Å²) >= 11 is 0. The van der Waals surface area contributed by atoms with Crippen LogP contribution in [0, 0.1) is 0 Å². The summed E-state index contributed by atoms with van der Waals surface area (Å²) in [5.74, 6) is 0.908. The Labute approximate surface area is 187 Å². The summed E-state index contributed by atoms with van der Waals surface area (Å²) in [7, 11) is -3.12. The Balaban J connectivity index is 0.00000392. The molecule has 2 heterocycles. The topological polar surface area (TPSA) is 92.3 Å². The second-order valence-electron chi connectivity index (χ2n) is 7.26. The van der Waals surface area contributed by atoms with Gasteiger partial charge >= 0.3 is 0 Å². The van der Waals surface area contributed by atoms with Gasteiger partial charge in [0.05, 0.1) is 25.1 Å². The molecule has 2 fully saturated rings. The molecule has 0 amide bonds. The fourth-order valence-electron chi connectivity index (χ4n) is 3.36. The predicted molar refractivity (Wildman–Crippen MR) is 123 cm³/mol. The highest BCUT2D eigenvalue weighted by molar-refractivity contribution is 14.0. The van der Waals surface area contributed by atoms with E-state index in [2.05, 4.69) is 26.9 Å². The lowest BCUT2D eigenvalue weighted by Gasteiger charge is -2.35. The molecule has 0 radical (unpaired) electrons. The number of sulfonamides is 1. The summed E-state index contributed by atoms with van der Waals surface area (Å²) in [5.41, 5.74) is 0. The fraction of sp³-hybridized carbons (Fsp3) is 0.944. The van der Waals surface area contributed by atoms with E-state index in [1.807, 2.05) is 0 Å². The molecule has 2 aliphatic rings. The van der Waals surface area contributed by atoms with Crippen molar-refractivity contribution >= 4 is 40.0 Å². The lowest BCUT2D eigenvalue weighted by atomic mass is 10.1. The highest BCUT2D eigenvalue weighted by atomic mass is 127. The molecule has 2 N–H and O–H groups in total. The molecule has 0 aromatic carbocycles. The number of nitrogens with one attached hydrogen (secondary N) is 2. The van der Waals surface area contributed by atoms with Gasteiger partial charge in [0.15, 0.2) is 5.96 Å². The predicted octanol–water partition coefficient (Wildman–Crippen LogP) is 1.56. The number of ether oxygens (including phenoxy) is 2. The van der Waals surface area contributed by atoms with Crippen LogP contribution in [0.25, 0.3) is 0 Å². The summed E-state index contributed by atoms with van der Waals surface area (Å²) in [4.78, 5) is 6.91. The van der Waals surface area contributed by atoms with Crippen molar-refractivity contribution in [3.05, 3.63) is 0 Å². The zero-order chi connectivity index (χ0) is 19.5. The lowest BCUT2D eigenvalue weighted by Crippen LogP contribution is -2.47. The molecule has 8 nitrogen and oxygen atoms in total. The number of piperidine rings is 1.